The highest BCUT2D eigenvalue weighted by Gasteiger charge is 2.22. The summed E-state index contributed by atoms with van der Waals surface area (Å²) in [6, 6.07) is 19.4. The zero-order valence-electron chi connectivity index (χ0n) is 20.1. The number of aromatic nitrogens is 1. The molecule has 4 aromatic rings. The van der Waals surface area contributed by atoms with Crippen LogP contribution < -0.4 is 15.8 Å². The van der Waals surface area contributed by atoms with E-state index in [1.807, 2.05) is 12.1 Å². The van der Waals surface area contributed by atoms with Crippen LogP contribution in [0, 0.1) is 0 Å². The predicted molar refractivity (Wildman–Crippen MR) is 147 cm³/mol. The van der Waals surface area contributed by atoms with E-state index in [1.165, 1.54) is 11.5 Å². The van der Waals surface area contributed by atoms with Crippen molar-refractivity contribution in [2.75, 3.05) is 36.5 Å². The number of carbonyl (C=O) groups excluding carboxylic acids is 1. The van der Waals surface area contributed by atoms with Crippen molar-refractivity contribution in [2.24, 2.45) is 4.99 Å². The molecule has 0 bridgehead atoms. The van der Waals surface area contributed by atoms with Gasteiger partial charge >= 0.3 is 0 Å². The Hall–Kier alpha value is -4.14. The summed E-state index contributed by atoms with van der Waals surface area (Å²) >= 11 is 6.36. The Kier molecular flexibility index (Phi) is 6.94. The van der Waals surface area contributed by atoms with Gasteiger partial charge in [0.05, 0.1) is 35.8 Å². The molecule has 0 radical (unpaired) electrons. The fraction of sp³-hybridized carbons (Fsp3) is 0.179. The molecule has 0 unspecified atom stereocenters. The first-order valence-corrected chi connectivity index (χ1v) is 12.2. The summed E-state index contributed by atoms with van der Waals surface area (Å²) < 4.78 is 6.78. The van der Waals surface area contributed by atoms with Crippen LogP contribution in [0.15, 0.2) is 76.5 Å². The number of hydrogen-bond acceptors (Lipinski definition) is 6. The Balaban J connectivity index is 1.66. The number of pyridine rings is 1. The molecule has 0 atom stereocenters. The summed E-state index contributed by atoms with van der Waals surface area (Å²) in [4.78, 5) is 31.6. The fourth-order valence-corrected chi connectivity index (χ4v) is 4.60. The molecule has 8 nitrogen and oxygen atoms in total. The molecule has 1 aliphatic rings. The van der Waals surface area contributed by atoms with E-state index in [-0.39, 0.29) is 17.3 Å². The van der Waals surface area contributed by atoms with Crippen molar-refractivity contribution in [3.05, 3.63) is 87.7 Å². The van der Waals surface area contributed by atoms with Gasteiger partial charge in [-0.3, -0.25) is 14.6 Å². The lowest BCUT2D eigenvalue weighted by atomic mass is 10.1. The second kappa shape index (κ2) is 10.5. The van der Waals surface area contributed by atoms with Crippen molar-refractivity contribution >= 4 is 51.6 Å². The van der Waals surface area contributed by atoms with E-state index in [9.17, 15) is 14.7 Å². The summed E-state index contributed by atoms with van der Waals surface area (Å²) in [7, 11) is 0. The van der Waals surface area contributed by atoms with Crippen LogP contribution in [-0.4, -0.2) is 48.1 Å². The van der Waals surface area contributed by atoms with Crippen molar-refractivity contribution in [1.29, 1.82) is 0 Å². The Morgan fingerprint density at radius 3 is 2.43 bits per heavy atom. The third-order valence-electron chi connectivity index (χ3n) is 6.16. The second-order valence-corrected chi connectivity index (χ2v) is 9.08. The summed E-state index contributed by atoms with van der Waals surface area (Å²) in [5.41, 5.74) is 2.57. The Bertz CT molecular complexity index is 1560. The summed E-state index contributed by atoms with van der Waals surface area (Å²) in [5, 5.41) is 15.7. The van der Waals surface area contributed by atoms with E-state index in [0.717, 1.165) is 5.69 Å². The molecule has 1 aliphatic heterocycles. The van der Waals surface area contributed by atoms with Gasteiger partial charge in [-0.05, 0) is 48.5 Å². The average molecular weight is 517 g/mol. The number of carbonyl (C=O) groups is 1. The minimum atomic E-state index is -0.360. The first-order valence-electron chi connectivity index (χ1n) is 11.8. The summed E-state index contributed by atoms with van der Waals surface area (Å²) in [6.07, 6.45) is 1.54. The lowest BCUT2D eigenvalue weighted by molar-refractivity contribution is -0.114. The van der Waals surface area contributed by atoms with Gasteiger partial charge in [0.15, 0.2) is 0 Å². The van der Waals surface area contributed by atoms with Crippen molar-refractivity contribution in [2.45, 2.75) is 6.92 Å². The third-order valence-corrected chi connectivity index (χ3v) is 6.40. The van der Waals surface area contributed by atoms with Crippen LogP contribution in [0.3, 0.4) is 0 Å². The molecule has 0 aliphatic carbocycles. The van der Waals surface area contributed by atoms with Gasteiger partial charge in [0.25, 0.3) is 5.56 Å². The Morgan fingerprint density at radius 1 is 1.03 bits per heavy atom. The van der Waals surface area contributed by atoms with E-state index in [0.29, 0.717) is 64.7 Å². The summed E-state index contributed by atoms with van der Waals surface area (Å²) in [5.74, 6) is -0.397. The number of hydrogen-bond donors (Lipinski definition) is 2. The van der Waals surface area contributed by atoms with Crippen LogP contribution in [0.25, 0.3) is 16.5 Å². The molecular weight excluding hydrogens is 492 g/mol. The molecule has 2 N–H and O–H groups in total. The maximum Gasteiger partial charge on any atom is 0.265 e. The molecule has 1 aromatic heterocycles. The second-order valence-electron chi connectivity index (χ2n) is 8.64. The summed E-state index contributed by atoms with van der Waals surface area (Å²) in [6.45, 7) is 3.89. The molecule has 1 saturated heterocycles. The van der Waals surface area contributed by atoms with Gasteiger partial charge in [-0.25, -0.2) is 4.57 Å². The van der Waals surface area contributed by atoms with Gasteiger partial charge in [-0.2, -0.15) is 0 Å². The van der Waals surface area contributed by atoms with Gasteiger partial charge in [0.2, 0.25) is 11.8 Å². The minimum absolute atomic E-state index is 0.160. The number of aliphatic imine (C=N–C) groups is 1. The van der Waals surface area contributed by atoms with Crippen molar-refractivity contribution in [1.82, 2.24) is 4.57 Å². The Labute approximate surface area is 218 Å². The van der Waals surface area contributed by atoms with Gasteiger partial charge in [-0.15, -0.1) is 0 Å². The first kappa shape index (κ1) is 24.5. The van der Waals surface area contributed by atoms with Gasteiger partial charge in [-0.1, -0.05) is 29.8 Å². The number of nitrogens with one attached hydrogen (secondary N) is 1. The van der Waals surface area contributed by atoms with E-state index in [4.69, 9.17) is 16.3 Å². The van der Waals surface area contributed by atoms with Crippen LogP contribution in [0.1, 0.15) is 12.5 Å². The third kappa shape index (κ3) is 5.07. The first-order chi connectivity index (χ1) is 17.9. The molecule has 1 amide bonds. The SMILES string of the molecule is CC(=O)Nc1ccc(N=Cc2c(O)n(-c3cc(Cl)ccc3N3CCOCC3)c(=O)c3ccccc23)cc1. The van der Waals surface area contributed by atoms with Crippen LogP contribution in [0.5, 0.6) is 5.88 Å². The number of fused-ring (bicyclic) bond motifs is 1. The van der Waals surface area contributed by atoms with Gasteiger partial charge in [0.1, 0.15) is 0 Å². The molecule has 3 aromatic carbocycles. The number of rotatable bonds is 5. The van der Waals surface area contributed by atoms with Crippen LogP contribution in [-0.2, 0) is 9.53 Å². The van der Waals surface area contributed by atoms with E-state index < -0.39 is 0 Å². The lowest BCUT2D eigenvalue weighted by Gasteiger charge is -2.31. The number of ether oxygens (including phenoxy) is 1. The maximum absolute atomic E-state index is 13.7. The van der Waals surface area contributed by atoms with Crippen LogP contribution >= 0.6 is 11.6 Å². The number of aromatic hydroxyl groups is 1. The molecule has 5 rings (SSSR count). The van der Waals surface area contributed by atoms with Crippen molar-refractivity contribution < 1.29 is 14.6 Å². The highest BCUT2D eigenvalue weighted by molar-refractivity contribution is 6.30. The van der Waals surface area contributed by atoms with E-state index in [1.54, 1.807) is 60.8 Å². The number of benzene rings is 3. The highest BCUT2D eigenvalue weighted by Crippen LogP contribution is 2.33. The van der Waals surface area contributed by atoms with Crippen LogP contribution in [0.2, 0.25) is 5.02 Å². The molecule has 188 valence electrons. The van der Waals surface area contributed by atoms with Crippen LogP contribution in [0.4, 0.5) is 17.1 Å². The smallest absolute Gasteiger partial charge is 0.265 e. The quantitative estimate of drug-likeness (QED) is 0.368. The number of halogens is 1. The molecule has 1 fully saturated rings. The standard InChI is InChI=1S/C28H25ClN4O4/c1-18(34)31-21-9-7-20(8-10-21)30-17-24-22-4-2-3-5-23(22)27(35)33(28(24)36)26-16-19(29)6-11-25(26)32-12-14-37-15-13-32/h2-11,16-17,36H,12-15H2,1H3,(H,31,34). The molecule has 9 heteroatoms. The fourth-order valence-electron chi connectivity index (χ4n) is 4.43. The lowest BCUT2D eigenvalue weighted by Crippen LogP contribution is -2.37. The van der Waals surface area contributed by atoms with E-state index >= 15 is 0 Å². The number of anilines is 2. The zero-order chi connectivity index (χ0) is 25.9. The van der Waals surface area contributed by atoms with Gasteiger partial charge in [0, 0.05) is 47.7 Å². The van der Waals surface area contributed by atoms with Crippen molar-refractivity contribution in [3.8, 4) is 11.6 Å². The highest BCUT2D eigenvalue weighted by atomic mass is 35.5. The maximum atomic E-state index is 13.7. The predicted octanol–water partition coefficient (Wildman–Crippen LogP) is 4.90. The zero-order valence-corrected chi connectivity index (χ0v) is 20.9. The molecule has 0 spiro atoms. The van der Waals surface area contributed by atoms with Crippen molar-refractivity contribution in [3.63, 3.8) is 0 Å². The average Bonchev–Trinajstić information content (AvgIpc) is 2.90. The number of amides is 1. The Morgan fingerprint density at radius 2 is 1.73 bits per heavy atom. The number of morpholine rings is 1. The largest absolute Gasteiger partial charge is 0.494 e. The molecule has 2 heterocycles. The molecule has 0 saturated carbocycles. The number of nitrogens with zero attached hydrogens (tertiary/aromatic N) is 3. The van der Waals surface area contributed by atoms with Gasteiger partial charge < -0.3 is 20.1 Å². The molecular formula is C28H25ClN4O4. The molecule has 37 heavy (non-hydrogen) atoms. The monoisotopic (exact) mass is 516 g/mol. The van der Waals surface area contributed by atoms with E-state index in [2.05, 4.69) is 15.2 Å². The minimum Gasteiger partial charge on any atom is -0.494 e. The topological polar surface area (TPSA) is 96.2 Å². The normalized spacial score (nSPS) is 13.8.